The number of halogens is 2. The van der Waals surface area contributed by atoms with Crippen LogP contribution in [0.5, 0.6) is 0 Å². The fourth-order valence-electron chi connectivity index (χ4n) is 6.79. The summed E-state index contributed by atoms with van der Waals surface area (Å²) in [5.41, 5.74) is 0.537. The molecule has 2 saturated carbocycles. The number of carbonyl (C=O) groups is 2. The van der Waals surface area contributed by atoms with Gasteiger partial charge in [0.05, 0.1) is 28.9 Å². The van der Waals surface area contributed by atoms with Gasteiger partial charge in [0.25, 0.3) is 0 Å². The summed E-state index contributed by atoms with van der Waals surface area (Å²) < 4.78 is 27.4. The Morgan fingerprint density at radius 3 is 2.28 bits per heavy atom. The highest BCUT2D eigenvalue weighted by Crippen LogP contribution is 2.54. The second-order valence-corrected chi connectivity index (χ2v) is 15.0. The summed E-state index contributed by atoms with van der Waals surface area (Å²) in [6.45, 7) is 1.71. The quantitative estimate of drug-likeness (QED) is 0.351. The van der Waals surface area contributed by atoms with E-state index in [1.54, 1.807) is 30.0 Å². The molecule has 1 heterocycles. The van der Waals surface area contributed by atoms with Crippen LogP contribution in [0.4, 0.5) is 0 Å². The molecule has 0 unspecified atom stereocenters. The predicted molar refractivity (Wildman–Crippen MR) is 153 cm³/mol. The van der Waals surface area contributed by atoms with Crippen LogP contribution in [-0.2, 0) is 19.4 Å². The molecule has 3 aliphatic rings. The van der Waals surface area contributed by atoms with Gasteiger partial charge in [0.1, 0.15) is 0 Å². The molecule has 2 aromatic carbocycles. The van der Waals surface area contributed by atoms with Crippen LogP contribution in [-0.4, -0.2) is 47.3 Å². The van der Waals surface area contributed by atoms with Gasteiger partial charge in [-0.25, -0.2) is 8.42 Å². The first-order valence-electron chi connectivity index (χ1n) is 13.8. The summed E-state index contributed by atoms with van der Waals surface area (Å²) in [5, 5.41) is 10.6. The Labute approximate surface area is 240 Å². The van der Waals surface area contributed by atoms with E-state index < -0.39 is 33.3 Å². The molecule has 1 saturated heterocycles. The summed E-state index contributed by atoms with van der Waals surface area (Å²) in [7, 11) is -3.45. The lowest BCUT2D eigenvalue weighted by Crippen LogP contribution is -2.58. The Hall–Kier alpha value is -2.09. The summed E-state index contributed by atoms with van der Waals surface area (Å²) >= 11 is 12.6. The molecule has 5 rings (SSSR count). The average molecular weight is 593 g/mol. The predicted octanol–water partition coefficient (Wildman–Crippen LogP) is 6.67. The van der Waals surface area contributed by atoms with Gasteiger partial charge in [-0.1, -0.05) is 67.2 Å². The molecule has 39 heavy (non-hydrogen) atoms. The van der Waals surface area contributed by atoms with Crippen molar-refractivity contribution in [3.63, 3.8) is 0 Å². The van der Waals surface area contributed by atoms with Crippen molar-refractivity contribution in [2.45, 2.75) is 81.5 Å². The van der Waals surface area contributed by atoms with Crippen molar-refractivity contribution in [3.05, 3.63) is 69.7 Å². The highest BCUT2D eigenvalue weighted by molar-refractivity contribution is 7.92. The Bertz CT molecular complexity index is 1340. The lowest BCUT2D eigenvalue weighted by molar-refractivity contribution is -0.160. The van der Waals surface area contributed by atoms with Crippen molar-refractivity contribution < 1.29 is 23.1 Å². The highest BCUT2D eigenvalue weighted by Gasteiger charge is 2.55. The zero-order valence-corrected chi connectivity index (χ0v) is 24.4. The van der Waals surface area contributed by atoms with Gasteiger partial charge in [-0.15, -0.1) is 0 Å². The SMILES string of the molecule is C[C@]1(CC(=O)O)C[C@H](c2cccc(Cl)c2)[C@@H](c2ccc(Cl)cc2)N([C@H](CS(=O)(=O)C2CCCC2)C2CC2)C1=O. The number of carboxylic acid groups (broad SMARTS) is 1. The molecule has 2 aromatic rings. The van der Waals surface area contributed by atoms with Crippen LogP contribution in [0.1, 0.15) is 81.4 Å². The number of aliphatic carboxylic acids is 1. The normalized spacial score (nSPS) is 27.1. The number of nitrogens with zero attached hydrogens (tertiary/aromatic N) is 1. The van der Waals surface area contributed by atoms with Gasteiger partial charge in [0.2, 0.25) is 5.91 Å². The molecule has 6 nitrogen and oxygen atoms in total. The topological polar surface area (TPSA) is 91.8 Å². The second-order valence-electron chi connectivity index (χ2n) is 11.8. The van der Waals surface area contributed by atoms with E-state index >= 15 is 0 Å². The van der Waals surface area contributed by atoms with Gasteiger partial charge in [0.15, 0.2) is 9.84 Å². The van der Waals surface area contributed by atoms with Crippen LogP contribution in [0.25, 0.3) is 0 Å². The lowest BCUT2D eigenvalue weighted by Gasteiger charge is -2.52. The number of rotatable bonds is 9. The van der Waals surface area contributed by atoms with Crippen LogP contribution in [0, 0.1) is 11.3 Å². The zero-order valence-electron chi connectivity index (χ0n) is 22.1. The summed E-state index contributed by atoms with van der Waals surface area (Å²) in [6, 6.07) is 13.8. The molecule has 1 aliphatic heterocycles. The first-order chi connectivity index (χ1) is 18.5. The van der Waals surface area contributed by atoms with Crippen molar-refractivity contribution in [2.75, 3.05) is 5.75 Å². The molecule has 0 radical (unpaired) electrons. The molecule has 0 spiro atoms. The fourth-order valence-corrected chi connectivity index (χ4v) is 9.35. The smallest absolute Gasteiger partial charge is 0.304 e. The van der Waals surface area contributed by atoms with E-state index in [2.05, 4.69) is 0 Å². The first-order valence-corrected chi connectivity index (χ1v) is 16.2. The van der Waals surface area contributed by atoms with Gasteiger partial charge in [0, 0.05) is 22.0 Å². The van der Waals surface area contributed by atoms with Crippen LogP contribution >= 0.6 is 23.2 Å². The maximum atomic E-state index is 14.5. The Morgan fingerprint density at radius 1 is 1.03 bits per heavy atom. The van der Waals surface area contributed by atoms with Crippen LogP contribution in [0.15, 0.2) is 48.5 Å². The molecule has 1 amide bonds. The van der Waals surface area contributed by atoms with Crippen LogP contribution in [0.3, 0.4) is 0 Å². The van der Waals surface area contributed by atoms with Crippen LogP contribution < -0.4 is 0 Å². The summed E-state index contributed by atoms with van der Waals surface area (Å²) in [5.74, 6) is -1.66. The van der Waals surface area contributed by atoms with Crippen molar-refractivity contribution in [3.8, 4) is 0 Å². The minimum absolute atomic E-state index is 0.0621. The van der Waals surface area contributed by atoms with E-state index in [9.17, 15) is 23.1 Å². The van der Waals surface area contributed by atoms with Gasteiger partial charge in [-0.2, -0.15) is 0 Å². The van der Waals surface area contributed by atoms with E-state index in [1.165, 1.54) is 0 Å². The number of hydrogen-bond acceptors (Lipinski definition) is 4. The molecular weight excluding hydrogens is 557 g/mol. The molecular formula is C30H35Cl2NO5S. The Balaban J connectivity index is 1.66. The van der Waals surface area contributed by atoms with Crippen molar-refractivity contribution in [2.24, 2.45) is 11.3 Å². The molecule has 2 aliphatic carbocycles. The number of likely N-dealkylation sites (tertiary alicyclic amines) is 1. The maximum absolute atomic E-state index is 14.5. The Kier molecular flexibility index (Phi) is 8.06. The molecule has 0 bridgehead atoms. The maximum Gasteiger partial charge on any atom is 0.304 e. The highest BCUT2D eigenvalue weighted by atomic mass is 35.5. The van der Waals surface area contributed by atoms with Crippen molar-refractivity contribution in [1.29, 1.82) is 0 Å². The largest absolute Gasteiger partial charge is 0.481 e. The molecule has 210 valence electrons. The van der Waals surface area contributed by atoms with Crippen molar-refractivity contribution >= 4 is 44.9 Å². The summed E-state index contributed by atoms with van der Waals surface area (Å²) in [6.07, 6.45) is 4.79. The van der Waals surface area contributed by atoms with E-state index in [-0.39, 0.29) is 35.2 Å². The third-order valence-corrected chi connectivity index (χ3v) is 11.6. The number of benzene rings is 2. The number of carboxylic acids is 1. The monoisotopic (exact) mass is 591 g/mol. The number of amides is 1. The average Bonchev–Trinajstić information content (AvgIpc) is 3.56. The van der Waals surface area contributed by atoms with Crippen molar-refractivity contribution in [1.82, 2.24) is 4.90 Å². The number of piperidine rings is 1. The van der Waals surface area contributed by atoms with E-state index in [0.717, 1.165) is 36.8 Å². The van der Waals surface area contributed by atoms with Gasteiger partial charge >= 0.3 is 5.97 Å². The molecule has 0 aromatic heterocycles. The van der Waals surface area contributed by atoms with E-state index in [0.29, 0.717) is 29.3 Å². The minimum atomic E-state index is -3.45. The van der Waals surface area contributed by atoms with Gasteiger partial charge in [-0.05, 0) is 73.4 Å². The summed E-state index contributed by atoms with van der Waals surface area (Å²) in [4.78, 5) is 28.3. The minimum Gasteiger partial charge on any atom is -0.481 e. The standard InChI is InChI=1S/C30H35Cl2NO5S/c1-30(17-27(34)35)16-25(21-5-4-6-23(32)15-21)28(20-11-13-22(31)14-12-20)33(29(30)36)26(19-9-10-19)18-39(37,38)24-7-2-3-8-24/h4-6,11-15,19,24-26,28H,2-3,7-10,16-18H2,1H3,(H,34,35)/t25-,26-,28-,30-/m1/s1. The number of carbonyl (C=O) groups excluding carboxylic acids is 1. The number of hydrogen-bond donors (Lipinski definition) is 1. The Morgan fingerprint density at radius 2 is 1.69 bits per heavy atom. The second kappa shape index (κ2) is 11.1. The van der Waals surface area contributed by atoms with Gasteiger partial charge < -0.3 is 10.0 Å². The molecule has 9 heteroatoms. The molecule has 1 N–H and O–H groups in total. The first kappa shape index (κ1) is 28.4. The van der Waals surface area contributed by atoms with E-state index in [1.807, 2.05) is 30.3 Å². The fraction of sp³-hybridized carbons (Fsp3) is 0.533. The van der Waals surface area contributed by atoms with E-state index in [4.69, 9.17) is 23.2 Å². The zero-order chi connectivity index (χ0) is 27.9. The van der Waals surface area contributed by atoms with Crippen LogP contribution in [0.2, 0.25) is 10.0 Å². The molecule has 3 fully saturated rings. The molecule has 4 atom stereocenters. The number of sulfone groups is 1. The van der Waals surface area contributed by atoms with Gasteiger partial charge in [-0.3, -0.25) is 9.59 Å². The third kappa shape index (κ3) is 6.01. The third-order valence-electron chi connectivity index (χ3n) is 8.87. The lowest BCUT2D eigenvalue weighted by atomic mass is 9.67.